The number of nitrogens with one attached hydrogen (secondary N) is 1. The average molecular weight is 408 g/mol. The van der Waals surface area contributed by atoms with Gasteiger partial charge in [-0.15, -0.1) is 10.2 Å². The van der Waals surface area contributed by atoms with Crippen LogP contribution in [-0.4, -0.2) is 52.4 Å². The van der Waals surface area contributed by atoms with Crippen molar-refractivity contribution in [2.24, 2.45) is 0 Å². The highest BCUT2D eigenvalue weighted by Gasteiger charge is 2.17. The molecule has 0 spiro atoms. The van der Waals surface area contributed by atoms with Gasteiger partial charge in [-0.05, 0) is 36.8 Å². The molecule has 0 aliphatic heterocycles. The Bertz CT molecular complexity index is 1020. The molecule has 0 amide bonds. The molecular formula is C21H24N6O3. The number of hydrogen-bond donors (Lipinski definition) is 1. The van der Waals surface area contributed by atoms with Crippen molar-refractivity contribution < 1.29 is 13.9 Å². The number of fused-ring (bicyclic) bond motifs is 1. The van der Waals surface area contributed by atoms with Gasteiger partial charge in [-0.2, -0.15) is 10.2 Å². The molecule has 156 valence electrons. The third kappa shape index (κ3) is 4.74. The van der Waals surface area contributed by atoms with Crippen molar-refractivity contribution in [2.45, 2.75) is 19.4 Å². The fourth-order valence-electron chi connectivity index (χ4n) is 3.09. The van der Waals surface area contributed by atoms with Crippen LogP contribution in [0.15, 0.2) is 52.9 Å². The molecule has 4 rings (SSSR count). The molecule has 1 unspecified atom stereocenters. The Morgan fingerprint density at radius 1 is 1.13 bits per heavy atom. The summed E-state index contributed by atoms with van der Waals surface area (Å²) in [4.78, 5) is 6.43. The number of H-pyrrole nitrogens is 1. The van der Waals surface area contributed by atoms with Crippen LogP contribution >= 0.6 is 0 Å². The van der Waals surface area contributed by atoms with Crippen LogP contribution < -0.4 is 9.64 Å². The second-order valence-corrected chi connectivity index (χ2v) is 6.80. The highest BCUT2D eigenvalue weighted by atomic mass is 16.5. The van der Waals surface area contributed by atoms with Crippen LogP contribution in [0.1, 0.15) is 24.4 Å². The molecule has 9 heteroatoms. The van der Waals surface area contributed by atoms with Gasteiger partial charge in [0.1, 0.15) is 24.0 Å². The molecule has 2 aromatic carbocycles. The van der Waals surface area contributed by atoms with E-state index in [2.05, 4.69) is 25.6 Å². The number of benzene rings is 2. The second kappa shape index (κ2) is 9.36. The topological polar surface area (TPSA) is 102 Å². The average Bonchev–Trinajstić information content (AvgIpc) is 3.44. The van der Waals surface area contributed by atoms with Crippen molar-refractivity contribution >= 4 is 17.1 Å². The SMILES string of the molecule is CCOC(Cc1ccc(OCCN(C)c2nc3ccccc3o2)cc1)c1nn[nH]n1. The molecule has 2 heterocycles. The first-order valence-electron chi connectivity index (χ1n) is 9.86. The van der Waals surface area contributed by atoms with Gasteiger partial charge in [0, 0.05) is 20.1 Å². The van der Waals surface area contributed by atoms with Gasteiger partial charge < -0.3 is 18.8 Å². The predicted molar refractivity (Wildman–Crippen MR) is 111 cm³/mol. The molecule has 30 heavy (non-hydrogen) atoms. The third-order valence-corrected chi connectivity index (χ3v) is 4.67. The highest BCUT2D eigenvalue weighted by molar-refractivity contribution is 5.74. The first kappa shape index (κ1) is 19.8. The summed E-state index contributed by atoms with van der Waals surface area (Å²) in [5.41, 5.74) is 2.73. The van der Waals surface area contributed by atoms with Gasteiger partial charge >= 0.3 is 0 Å². The van der Waals surface area contributed by atoms with Gasteiger partial charge in [-0.3, -0.25) is 0 Å². The number of rotatable bonds is 10. The molecule has 0 saturated heterocycles. The van der Waals surface area contributed by atoms with E-state index in [1.54, 1.807) is 0 Å². The molecule has 1 N–H and O–H groups in total. The zero-order chi connectivity index (χ0) is 20.8. The lowest BCUT2D eigenvalue weighted by atomic mass is 10.1. The lowest BCUT2D eigenvalue weighted by Crippen LogP contribution is -2.23. The third-order valence-electron chi connectivity index (χ3n) is 4.67. The van der Waals surface area contributed by atoms with Crippen molar-refractivity contribution in [3.8, 4) is 5.75 Å². The number of hydrogen-bond acceptors (Lipinski definition) is 8. The van der Waals surface area contributed by atoms with Crippen LogP contribution in [0.2, 0.25) is 0 Å². The summed E-state index contributed by atoms with van der Waals surface area (Å²) in [6.45, 7) is 3.69. The molecular weight excluding hydrogens is 384 g/mol. The number of nitrogens with zero attached hydrogens (tertiary/aromatic N) is 5. The molecule has 0 bridgehead atoms. The van der Waals surface area contributed by atoms with Gasteiger partial charge in [0.2, 0.25) is 5.82 Å². The van der Waals surface area contributed by atoms with Crippen molar-refractivity contribution in [3.63, 3.8) is 0 Å². The quantitative estimate of drug-likeness (QED) is 0.427. The normalized spacial score (nSPS) is 12.2. The van der Waals surface area contributed by atoms with E-state index in [9.17, 15) is 0 Å². The molecule has 2 aromatic heterocycles. The van der Waals surface area contributed by atoms with Gasteiger partial charge in [0.05, 0.1) is 6.54 Å². The van der Waals surface area contributed by atoms with E-state index in [1.165, 1.54) is 0 Å². The van der Waals surface area contributed by atoms with Crippen molar-refractivity contribution in [2.75, 3.05) is 31.7 Å². The summed E-state index contributed by atoms with van der Waals surface area (Å²) in [6, 6.07) is 16.2. The molecule has 1 atom stereocenters. The maximum Gasteiger partial charge on any atom is 0.298 e. The second-order valence-electron chi connectivity index (χ2n) is 6.80. The van der Waals surface area contributed by atoms with E-state index in [1.807, 2.05) is 67.4 Å². The van der Waals surface area contributed by atoms with E-state index in [-0.39, 0.29) is 6.10 Å². The molecule has 4 aromatic rings. The minimum Gasteiger partial charge on any atom is -0.492 e. The van der Waals surface area contributed by atoms with E-state index < -0.39 is 0 Å². The number of aromatic nitrogens is 5. The molecule has 0 aliphatic rings. The number of anilines is 1. The molecule has 0 fully saturated rings. The van der Waals surface area contributed by atoms with E-state index in [0.29, 0.717) is 38.0 Å². The Morgan fingerprint density at radius 2 is 1.97 bits per heavy atom. The van der Waals surface area contributed by atoms with Crippen molar-refractivity contribution in [1.29, 1.82) is 0 Å². The molecule has 0 saturated carbocycles. The summed E-state index contributed by atoms with van der Waals surface area (Å²) in [5, 5.41) is 14.1. The Hall–Kier alpha value is -3.46. The van der Waals surface area contributed by atoms with Crippen LogP contribution in [0.3, 0.4) is 0 Å². The maximum absolute atomic E-state index is 5.87. The lowest BCUT2D eigenvalue weighted by Gasteiger charge is -2.15. The molecule has 9 nitrogen and oxygen atoms in total. The van der Waals surface area contributed by atoms with Crippen LogP contribution in [0.4, 0.5) is 6.01 Å². The number of oxazole rings is 1. The zero-order valence-corrected chi connectivity index (χ0v) is 17.0. The number of para-hydroxylation sites is 2. The summed E-state index contributed by atoms with van der Waals surface area (Å²) in [7, 11) is 1.93. The van der Waals surface area contributed by atoms with Gasteiger partial charge in [0.25, 0.3) is 6.01 Å². The van der Waals surface area contributed by atoms with E-state index in [4.69, 9.17) is 13.9 Å². The Balaban J connectivity index is 1.29. The highest BCUT2D eigenvalue weighted by Crippen LogP contribution is 2.22. The Morgan fingerprint density at radius 3 is 2.70 bits per heavy atom. The van der Waals surface area contributed by atoms with Crippen LogP contribution in [-0.2, 0) is 11.2 Å². The van der Waals surface area contributed by atoms with E-state index in [0.717, 1.165) is 22.4 Å². The number of tetrazole rings is 1. The number of aromatic amines is 1. The number of ether oxygens (including phenoxy) is 2. The van der Waals surface area contributed by atoms with Gasteiger partial charge in [-0.1, -0.05) is 29.5 Å². The van der Waals surface area contributed by atoms with Crippen LogP contribution in [0, 0.1) is 0 Å². The summed E-state index contributed by atoms with van der Waals surface area (Å²) >= 11 is 0. The fourth-order valence-corrected chi connectivity index (χ4v) is 3.09. The van der Waals surface area contributed by atoms with Crippen molar-refractivity contribution in [1.82, 2.24) is 25.6 Å². The number of likely N-dealkylation sites (N-methyl/N-ethyl adjacent to an activating group) is 1. The summed E-state index contributed by atoms with van der Waals surface area (Å²) in [6.07, 6.45) is 0.430. The first-order valence-corrected chi connectivity index (χ1v) is 9.86. The minimum atomic E-state index is -0.231. The monoisotopic (exact) mass is 408 g/mol. The minimum absolute atomic E-state index is 0.231. The van der Waals surface area contributed by atoms with E-state index >= 15 is 0 Å². The first-order chi connectivity index (χ1) is 14.7. The summed E-state index contributed by atoms with van der Waals surface area (Å²) in [5.74, 6) is 1.36. The predicted octanol–water partition coefficient (Wildman–Crippen LogP) is 3.18. The zero-order valence-electron chi connectivity index (χ0n) is 17.0. The maximum atomic E-state index is 5.87. The van der Waals surface area contributed by atoms with Gasteiger partial charge in [0.15, 0.2) is 5.58 Å². The van der Waals surface area contributed by atoms with Crippen LogP contribution in [0.25, 0.3) is 11.1 Å². The Kier molecular flexibility index (Phi) is 6.19. The molecule has 0 aliphatic carbocycles. The smallest absolute Gasteiger partial charge is 0.298 e. The van der Waals surface area contributed by atoms with Gasteiger partial charge in [-0.25, -0.2) is 0 Å². The van der Waals surface area contributed by atoms with Crippen molar-refractivity contribution in [3.05, 3.63) is 59.9 Å². The molecule has 0 radical (unpaired) electrons. The summed E-state index contributed by atoms with van der Waals surface area (Å²) < 4.78 is 17.4. The largest absolute Gasteiger partial charge is 0.492 e. The standard InChI is InChI=1S/C21H24N6O3/c1-3-28-19(20-23-25-26-24-20)14-15-8-10-16(11-9-15)29-13-12-27(2)21-22-17-6-4-5-7-18(17)30-21/h4-11,19H,3,12-14H2,1-2H3,(H,23,24,25,26). The lowest BCUT2D eigenvalue weighted by molar-refractivity contribution is 0.0565. The fraction of sp³-hybridized carbons (Fsp3) is 0.333. The van der Waals surface area contributed by atoms with Crippen LogP contribution in [0.5, 0.6) is 5.75 Å². The Labute approximate surface area is 174 Å².